The summed E-state index contributed by atoms with van der Waals surface area (Å²) in [5.41, 5.74) is 0.661. The lowest BCUT2D eigenvalue weighted by molar-refractivity contribution is -0.125. The van der Waals surface area contributed by atoms with Crippen molar-refractivity contribution >= 4 is 33.4 Å². The van der Waals surface area contributed by atoms with Crippen molar-refractivity contribution in [2.45, 2.75) is 31.7 Å². The first kappa shape index (κ1) is 15.0. The molecule has 0 bridgehead atoms. The van der Waals surface area contributed by atoms with Crippen LogP contribution in [-0.4, -0.2) is 31.0 Å². The van der Waals surface area contributed by atoms with E-state index in [1.165, 1.54) is 30.6 Å². The second-order valence-electron chi connectivity index (χ2n) is 6.65. The van der Waals surface area contributed by atoms with Gasteiger partial charge in [-0.1, -0.05) is 15.9 Å². The Balaban J connectivity index is 1.47. The first-order valence-electron chi connectivity index (χ1n) is 8.14. The normalized spacial score (nSPS) is 20.3. The molecule has 1 aliphatic heterocycles. The number of nitrogens with one attached hydrogen (secondary N) is 1. The summed E-state index contributed by atoms with van der Waals surface area (Å²) < 4.78 is 6.34. The predicted octanol–water partition coefficient (Wildman–Crippen LogP) is 2.48. The summed E-state index contributed by atoms with van der Waals surface area (Å²) in [5, 5.41) is 3.17. The van der Waals surface area contributed by atoms with Gasteiger partial charge >= 0.3 is 0 Å². The van der Waals surface area contributed by atoms with Crippen LogP contribution in [0, 0.1) is 11.8 Å². The minimum Gasteiger partial charge on any atom is -0.482 e. The number of fused-ring (bicyclic) bond motifs is 1. The zero-order valence-electron chi connectivity index (χ0n) is 12.8. The van der Waals surface area contributed by atoms with Crippen LogP contribution in [0.5, 0.6) is 5.75 Å². The molecule has 1 N–H and O–H groups in total. The average Bonchev–Trinajstić information content (AvgIpc) is 3.40. The van der Waals surface area contributed by atoms with E-state index in [-0.39, 0.29) is 25.0 Å². The van der Waals surface area contributed by atoms with E-state index in [4.69, 9.17) is 4.74 Å². The van der Waals surface area contributed by atoms with E-state index in [1.807, 2.05) is 18.2 Å². The summed E-state index contributed by atoms with van der Waals surface area (Å²) in [6.45, 7) is 0.0399. The van der Waals surface area contributed by atoms with Gasteiger partial charge in [-0.05, 0) is 55.7 Å². The Kier molecular flexibility index (Phi) is 3.79. The third-order valence-corrected chi connectivity index (χ3v) is 5.25. The molecule has 0 atom stereocenters. The minimum absolute atomic E-state index is 0.0224. The molecule has 1 aromatic carbocycles. The molecule has 0 radical (unpaired) electrons. The number of benzene rings is 1. The maximum Gasteiger partial charge on any atom is 0.265 e. The van der Waals surface area contributed by atoms with Gasteiger partial charge in [-0.3, -0.25) is 14.5 Å². The molecule has 122 valence electrons. The highest BCUT2D eigenvalue weighted by Crippen LogP contribution is 2.44. The summed E-state index contributed by atoms with van der Waals surface area (Å²) in [4.78, 5) is 26.1. The lowest BCUT2D eigenvalue weighted by Crippen LogP contribution is -2.48. The molecule has 2 amide bonds. The number of amides is 2. The highest BCUT2D eigenvalue weighted by molar-refractivity contribution is 9.10. The fraction of sp³-hybridized carbons (Fsp3) is 0.529. The summed E-state index contributed by atoms with van der Waals surface area (Å²) in [5.74, 6) is 1.68. The summed E-state index contributed by atoms with van der Waals surface area (Å²) in [6, 6.07) is 5.79. The predicted molar refractivity (Wildman–Crippen MR) is 89.4 cm³/mol. The first-order chi connectivity index (χ1) is 11.1. The van der Waals surface area contributed by atoms with Crippen LogP contribution in [0.4, 0.5) is 5.69 Å². The zero-order valence-corrected chi connectivity index (χ0v) is 14.3. The third kappa shape index (κ3) is 3.22. The molecule has 4 rings (SSSR count). The molecular weight excluding hydrogens is 360 g/mol. The van der Waals surface area contributed by atoms with Crippen LogP contribution in [0.2, 0.25) is 0 Å². The molecule has 0 saturated heterocycles. The van der Waals surface area contributed by atoms with Crippen molar-refractivity contribution in [1.82, 2.24) is 5.32 Å². The fourth-order valence-electron chi connectivity index (χ4n) is 3.26. The van der Waals surface area contributed by atoms with Crippen LogP contribution < -0.4 is 15.0 Å². The van der Waals surface area contributed by atoms with Gasteiger partial charge < -0.3 is 10.1 Å². The Hall–Kier alpha value is -1.56. The summed E-state index contributed by atoms with van der Waals surface area (Å²) in [7, 11) is 0. The number of nitrogens with zero attached hydrogens (tertiary/aromatic N) is 1. The fourth-order valence-corrected chi connectivity index (χ4v) is 3.60. The number of halogens is 1. The number of rotatable bonds is 5. The van der Waals surface area contributed by atoms with Crippen molar-refractivity contribution in [1.29, 1.82) is 0 Å². The van der Waals surface area contributed by atoms with Crippen molar-refractivity contribution < 1.29 is 14.3 Å². The van der Waals surface area contributed by atoms with Gasteiger partial charge in [0.25, 0.3) is 5.91 Å². The Morgan fingerprint density at radius 3 is 2.65 bits per heavy atom. The Morgan fingerprint density at radius 1 is 1.30 bits per heavy atom. The van der Waals surface area contributed by atoms with Crippen molar-refractivity contribution in [3.8, 4) is 5.75 Å². The molecule has 1 aromatic rings. The molecule has 0 unspecified atom stereocenters. The van der Waals surface area contributed by atoms with Crippen molar-refractivity contribution in [2.75, 3.05) is 18.1 Å². The van der Waals surface area contributed by atoms with Crippen molar-refractivity contribution in [2.24, 2.45) is 11.8 Å². The van der Waals surface area contributed by atoms with Crippen molar-refractivity contribution in [3.63, 3.8) is 0 Å². The monoisotopic (exact) mass is 378 g/mol. The molecule has 2 saturated carbocycles. The van der Waals surface area contributed by atoms with Crippen LogP contribution in [0.3, 0.4) is 0 Å². The van der Waals surface area contributed by atoms with Gasteiger partial charge in [0.2, 0.25) is 5.91 Å². The van der Waals surface area contributed by atoms with Gasteiger partial charge in [-0.15, -0.1) is 0 Å². The van der Waals surface area contributed by atoms with Gasteiger partial charge in [0, 0.05) is 10.5 Å². The Morgan fingerprint density at radius 2 is 2.00 bits per heavy atom. The van der Waals surface area contributed by atoms with Gasteiger partial charge in [-0.25, -0.2) is 0 Å². The third-order valence-electron chi connectivity index (χ3n) is 4.75. The molecule has 1 heterocycles. The molecule has 0 aromatic heterocycles. The topological polar surface area (TPSA) is 58.6 Å². The van der Waals surface area contributed by atoms with Crippen molar-refractivity contribution in [3.05, 3.63) is 22.7 Å². The molecule has 2 fully saturated rings. The van der Waals surface area contributed by atoms with Crippen LogP contribution in [0.15, 0.2) is 22.7 Å². The summed E-state index contributed by atoms with van der Waals surface area (Å²) >= 11 is 3.39. The standard InChI is InChI=1S/C17H19BrN2O3/c18-12-5-6-13-14(7-12)23-9-16(22)20(13)8-15(21)19-17(10-1-2-10)11-3-4-11/h5-7,10-11,17H,1-4,8-9H2,(H,19,21). The number of carbonyl (C=O) groups excluding carboxylic acids is 2. The van der Waals surface area contributed by atoms with E-state index in [2.05, 4.69) is 21.2 Å². The molecule has 3 aliphatic rings. The molecule has 6 heteroatoms. The number of ether oxygens (including phenoxy) is 1. The van der Waals surface area contributed by atoms with E-state index in [1.54, 1.807) is 0 Å². The highest BCUT2D eigenvalue weighted by atomic mass is 79.9. The second kappa shape index (κ2) is 5.82. The largest absolute Gasteiger partial charge is 0.482 e. The maximum atomic E-state index is 12.5. The van der Waals surface area contributed by atoms with Crippen LogP contribution in [0.1, 0.15) is 25.7 Å². The van der Waals surface area contributed by atoms with E-state index in [0.29, 0.717) is 29.3 Å². The van der Waals surface area contributed by atoms with Crippen LogP contribution in [0.25, 0.3) is 0 Å². The Bertz CT molecular complexity index is 643. The van der Waals surface area contributed by atoms with E-state index < -0.39 is 0 Å². The van der Waals surface area contributed by atoms with E-state index in [0.717, 1.165) is 4.47 Å². The number of carbonyl (C=O) groups is 2. The number of anilines is 1. The SMILES string of the molecule is O=C(CN1C(=O)COc2cc(Br)ccc21)NC(C1CC1)C1CC1. The molecule has 0 spiro atoms. The Labute approximate surface area is 143 Å². The highest BCUT2D eigenvalue weighted by Gasteiger charge is 2.42. The van der Waals surface area contributed by atoms with Gasteiger partial charge in [0.05, 0.1) is 5.69 Å². The second-order valence-corrected chi connectivity index (χ2v) is 7.56. The number of hydrogen-bond donors (Lipinski definition) is 1. The van der Waals surface area contributed by atoms with E-state index >= 15 is 0 Å². The van der Waals surface area contributed by atoms with Crippen LogP contribution in [-0.2, 0) is 9.59 Å². The quantitative estimate of drug-likeness (QED) is 0.855. The lowest BCUT2D eigenvalue weighted by Gasteiger charge is -2.29. The number of hydrogen-bond acceptors (Lipinski definition) is 3. The van der Waals surface area contributed by atoms with E-state index in [9.17, 15) is 9.59 Å². The summed E-state index contributed by atoms with van der Waals surface area (Å²) in [6.07, 6.45) is 4.87. The average molecular weight is 379 g/mol. The first-order valence-corrected chi connectivity index (χ1v) is 8.93. The van der Waals surface area contributed by atoms with Gasteiger partial charge in [0.15, 0.2) is 6.61 Å². The zero-order chi connectivity index (χ0) is 16.0. The molecule has 23 heavy (non-hydrogen) atoms. The van der Waals surface area contributed by atoms with Gasteiger partial charge in [-0.2, -0.15) is 0 Å². The maximum absolute atomic E-state index is 12.5. The smallest absolute Gasteiger partial charge is 0.265 e. The van der Waals surface area contributed by atoms with Gasteiger partial charge in [0.1, 0.15) is 12.3 Å². The molecule has 2 aliphatic carbocycles. The minimum atomic E-state index is -0.177. The molecular formula is C17H19BrN2O3. The molecule has 5 nitrogen and oxygen atoms in total. The van der Waals surface area contributed by atoms with Crippen LogP contribution >= 0.6 is 15.9 Å². The lowest BCUT2D eigenvalue weighted by atomic mass is 10.1.